The summed E-state index contributed by atoms with van der Waals surface area (Å²) in [4.78, 5) is 4.70. The van der Waals surface area contributed by atoms with E-state index in [0.29, 0.717) is 0 Å². The van der Waals surface area contributed by atoms with E-state index in [0.717, 1.165) is 23.4 Å². The van der Waals surface area contributed by atoms with Crippen molar-refractivity contribution in [2.75, 3.05) is 0 Å². The van der Waals surface area contributed by atoms with Gasteiger partial charge < -0.3 is 4.57 Å². The summed E-state index contributed by atoms with van der Waals surface area (Å²) in [5.41, 5.74) is 4.63. The van der Waals surface area contributed by atoms with Crippen molar-refractivity contribution in [1.29, 1.82) is 0 Å². The first-order chi connectivity index (χ1) is 9.65. The SMILES string of the molecule is Cc1ccc2c(c1)nc(C(C)Cl)n2Cc1ccccc1. The zero-order valence-corrected chi connectivity index (χ0v) is 12.4. The van der Waals surface area contributed by atoms with Crippen LogP contribution in [0.3, 0.4) is 0 Å². The smallest absolute Gasteiger partial charge is 0.128 e. The highest BCUT2D eigenvalue weighted by Gasteiger charge is 2.15. The monoisotopic (exact) mass is 284 g/mol. The molecule has 2 aromatic carbocycles. The summed E-state index contributed by atoms with van der Waals surface area (Å²) in [6, 6.07) is 16.8. The van der Waals surface area contributed by atoms with Crippen LogP contribution in [-0.4, -0.2) is 9.55 Å². The van der Waals surface area contributed by atoms with E-state index in [1.165, 1.54) is 11.1 Å². The highest BCUT2D eigenvalue weighted by molar-refractivity contribution is 6.20. The third-order valence-corrected chi connectivity index (χ3v) is 3.67. The summed E-state index contributed by atoms with van der Waals surface area (Å²) in [7, 11) is 0. The van der Waals surface area contributed by atoms with Crippen molar-refractivity contribution in [1.82, 2.24) is 9.55 Å². The molecule has 0 aliphatic carbocycles. The van der Waals surface area contributed by atoms with Crippen LogP contribution >= 0.6 is 11.6 Å². The summed E-state index contributed by atoms with van der Waals surface area (Å²) in [6.45, 7) is 4.85. The van der Waals surface area contributed by atoms with Crippen LogP contribution < -0.4 is 0 Å². The van der Waals surface area contributed by atoms with Gasteiger partial charge in [-0.3, -0.25) is 0 Å². The van der Waals surface area contributed by atoms with Crippen molar-refractivity contribution < 1.29 is 0 Å². The highest BCUT2D eigenvalue weighted by atomic mass is 35.5. The largest absolute Gasteiger partial charge is 0.322 e. The average Bonchev–Trinajstić information content (AvgIpc) is 2.78. The normalized spacial score (nSPS) is 12.8. The summed E-state index contributed by atoms with van der Waals surface area (Å²) in [5.74, 6) is 0.927. The summed E-state index contributed by atoms with van der Waals surface area (Å²) < 4.78 is 2.21. The molecule has 102 valence electrons. The molecule has 1 atom stereocenters. The Morgan fingerprint density at radius 1 is 1.15 bits per heavy atom. The second kappa shape index (κ2) is 5.29. The number of hydrogen-bond acceptors (Lipinski definition) is 1. The van der Waals surface area contributed by atoms with Crippen LogP contribution in [0.4, 0.5) is 0 Å². The number of benzene rings is 2. The van der Waals surface area contributed by atoms with Gasteiger partial charge in [-0.2, -0.15) is 0 Å². The zero-order valence-electron chi connectivity index (χ0n) is 11.7. The summed E-state index contributed by atoms with van der Waals surface area (Å²) >= 11 is 6.30. The maximum Gasteiger partial charge on any atom is 0.128 e. The third-order valence-electron chi connectivity index (χ3n) is 3.47. The standard InChI is InChI=1S/C17H17ClN2/c1-12-8-9-16-15(10-12)19-17(13(2)18)20(16)11-14-6-4-3-5-7-14/h3-10,13H,11H2,1-2H3. The van der Waals surface area contributed by atoms with Gasteiger partial charge in [-0.15, -0.1) is 11.6 Å². The van der Waals surface area contributed by atoms with E-state index in [1.54, 1.807) is 0 Å². The zero-order chi connectivity index (χ0) is 14.1. The minimum Gasteiger partial charge on any atom is -0.322 e. The molecule has 0 radical (unpaired) electrons. The Morgan fingerprint density at radius 3 is 2.60 bits per heavy atom. The lowest BCUT2D eigenvalue weighted by molar-refractivity contribution is 0.742. The van der Waals surface area contributed by atoms with Crippen molar-refractivity contribution >= 4 is 22.6 Å². The third kappa shape index (κ3) is 2.44. The van der Waals surface area contributed by atoms with E-state index in [4.69, 9.17) is 16.6 Å². The number of aryl methyl sites for hydroxylation is 1. The predicted molar refractivity (Wildman–Crippen MR) is 84.3 cm³/mol. The molecule has 2 nitrogen and oxygen atoms in total. The van der Waals surface area contributed by atoms with Gasteiger partial charge in [0.15, 0.2) is 0 Å². The van der Waals surface area contributed by atoms with Crippen LogP contribution in [0.5, 0.6) is 0 Å². The van der Waals surface area contributed by atoms with Crippen molar-refractivity contribution in [2.45, 2.75) is 25.8 Å². The van der Waals surface area contributed by atoms with Crippen LogP contribution in [0.1, 0.15) is 29.3 Å². The molecule has 0 spiro atoms. The van der Waals surface area contributed by atoms with Gasteiger partial charge in [0.2, 0.25) is 0 Å². The maximum atomic E-state index is 6.30. The Balaban J connectivity index is 2.14. The molecule has 0 amide bonds. The number of rotatable bonds is 3. The molecule has 0 saturated heterocycles. The number of aromatic nitrogens is 2. The van der Waals surface area contributed by atoms with Gasteiger partial charge in [0.1, 0.15) is 5.82 Å². The maximum absolute atomic E-state index is 6.30. The van der Waals surface area contributed by atoms with E-state index in [9.17, 15) is 0 Å². The van der Waals surface area contributed by atoms with Gasteiger partial charge in [0, 0.05) is 6.54 Å². The van der Waals surface area contributed by atoms with Crippen LogP contribution in [0.25, 0.3) is 11.0 Å². The van der Waals surface area contributed by atoms with Crippen LogP contribution in [0, 0.1) is 6.92 Å². The molecule has 0 aliphatic heterocycles. The Hall–Kier alpha value is -1.80. The molecular formula is C17H17ClN2. The first kappa shape index (κ1) is 13.2. The average molecular weight is 285 g/mol. The second-order valence-corrected chi connectivity index (χ2v) is 5.80. The Bertz CT molecular complexity index is 729. The summed E-state index contributed by atoms with van der Waals surface area (Å²) in [6.07, 6.45) is 0. The minimum atomic E-state index is -0.105. The fourth-order valence-corrected chi connectivity index (χ4v) is 2.66. The van der Waals surface area contributed by atoms with Gasteiger partial charge in [-0.25, -0.2) is 4.98 Å². The molecule has 0 N–H and O–H groups in total. The Labute approximate surface area is 124 Å². The minimum absolute atomic E-state index is 0.105. The first-order valence-corrected chi connectivity index (χ1v) is 7.23. The lowest BCUT2D eigenvalue weighted by atomic mass is 10.2. The number of fused-ring (bicyclic) bond motifs is 1. The molecule has 0 saturated carbocycles. The molecule has 0 aliphatic rings. The van der Waals surface area contributed by atoms with Crippen LogP contribution in [0.2, 0.25) is 0 Å². The molecule has 3 heteroatoms. The van der Waals surface area contributed by atoms with E-state index in [-0.39, 0.29) is 5.38 Å². The number of hydrogen-bond donors (Lipinski definition) is 0. The van der Waals surface area contributed by atoms with E-state index in [2.05, 4.69) is 54.0 Å². The van der Waals surface area contributed by atoms with E-state index in [1.807, 2.05) is 13.0 Å². The van der Waals surface area contributed by atoms with Crippen molar-refractivity contribution in [3.63, 3.8) is 0 Å². The lowest BCUT2D eigenvalue weighted by Gasteiger charge is -2.10. The van der Waals surface area contributed by atoms with Gasteiger partial charge in [0.05, 0.1) is 16.4 Å². The van der Waals surface area contributed by atoms with Crippen LogP contribution in [-0.2, 0) is 6.54 Å². The van der Waals surface area contributed by atoms with E-state index >= 15 is 0 Å². The summed E-state index contributed by atoms with van der Waals surface area (Å²) in [5, 5.41) is -0.105. The fraction of sp³-hybridized carbons (Fsp3) is 0.235. The fourth-order valence-electron chi connectivity index (χ4n) is 2.49. The van der Waals surface area contributed by atoms with Gasteiger partial charge in [-0.05, 0) is 37.1 Å². The lowest BCUT2D eigenvalue weighted by Crippen LogP contribution is -2.05. The number of alkyl halides is 1. The number of imidazole rings is 1. The topological polar surface area (TPSA) is 17.8 Å². The van der Waals surface area contributed by atoms with Crippen molar-refractivity contribution in [3.05, 3.63) is 65.5 Å². The molecule has 3 rings (SSSR count). The quantitative estimate of drug-likeness (QED) is 0.638. The highest BCUT2D eigenvalue weighted by Crippen LogP contribution is 2.26. The molecule has 0 bridgehead atoms. The first-order valence-electron chi connectivity index (χ1n) is 6.80. The number of halogens is 1. The predicted octanol–water partition coefficient (Wildman–Crippen LogP) is 4.69. The molecule has 20 heavy (non-hydrogen) atoms. The van der Waals surface area contributed by atoms with E-state index < -0.39 is 0 Å². The van der Waals surface area contributed by atoms with Gasteiger partial charge in [0.25, 0.3) is 0 Å². The Morgan fingerprint density at radius 2 is 1.90 bits per heavy atom. The number of nitrogens with zero attached hydrogens (tertiary/aromatic N) is 2. The molecule has 1 heterocycles. The second-order valence-electron chi connectivity index (χ2n) is 5.15. The molecular weight excluding hydrogens is 268 g/mol. The molecule has 1 aromatic heterocycles. The van der Waals surface area contributed by atoms with Crippen molar-refractivity contribution in [3.8, 4) is 0 Å². The molecule has 0 fully saturated rings. The Kier molecular flexibility index (Phi) is 3.49. The van der Waals surface area contributed by atoms with Crippen molar-refractivity contribution in [2.24, 2.45) is 0 Å². The van der Waals surface area contributed by atoms with Crippen LogP contribution in [0.15, 0.2) is 48.5 Å². The molecule has 3 aromatic rings. The molecule has 1 unspecified atom stereocenters. The van der Waals surface area contributed by atoms with Gasteiger partial charge >= 0.3 is 0 Å². The van der Waals surface area contributed by atoms with Gasteiger partial charge in [-0.1, -0.05) is 36.4 Å².